The van der Waals surface area contributed by atoms with Gasteiger partial charge in [0.2, 0.25) is 0 Å². The summed E-state index contributed by atoms with van der Waals surface area (Å²) in [5.74, 6) is 2.14. The van der Waals surface area contributed by atoms with Gasteiger partial charge in [-0.1, -0.05) is 93.5 Å². The molecule has 0 saturated heterocycles. The molecule has 0 radical (unpaired) electrons. The lowest BCUT2D eigenvalue weighted by atomic mass is 9.54. The van der Waals surface area contributed by atoms with Gasteiger partial charge in [0, 0.05) is 24.2 Å². The Kier molecular flexibility index (Phi) is 8.96. The summed E-state index contributed by atoms with van der Waals surface area (Å²) in [6.07, 6.45) is 13.5. The minimum atomic E-state index is -0.300. The number of ketones is 1. The van der Waals surface area contributed by atoms with Gasteiger partial charge in [0.05, 0.1) is 0 Å². The van der Waals surface area contributed by atoms with Crippen molar-refractivity contribution in [1.29, 1.82) is 0 Å². The fraction of sp³-hybridized carbons (Fsp3) is 0.733. The van der Waals surface area contributed by atoms with E-state index >= 15 is 0 Å². The number of fused-ring (bicyclic) bond motifs is 2. The number of carbonyl (C=O) groups excluding carboxylic acids is 2. The van der Waals surface area contributed by atoms with Crippen LogP contribution in [-0.4, -0.2) is 22.3 Å². The van der Waals surface area contributed by atoms with E-state index in [1.54, 1.807) is 0 Å². The number of hydrogen-bond donors (Lipinski definition) is 0. The number of alkyl halides is 1. The highest BCUT2D eigenvalue weighted by molar-refractivity contribution is 14.1. The lowest BCUT2D eigenvalue weighted by Gasteiger charge is -2.50. The van der Waals surface area contributed by atoms with Crippen molar-refractivity contribution in [3.05, 3.63) is 34.9 Å². The number of esters is 1. The zero-order valence-electron chi connectivity index (χ0n) is 22.4. The summed E-state index contributed by atoms with van der Waals surface area (Å²) < 4.78 is 6.62. The van der Waals surface area contributed by atoms with Crippen molar-refractivity contribution in [3.8, 4) is 0 Å². The van der Waals surface area contributed by atoms with Crippen LogP contribution >= 0.6 is 22.6 Å². The average molecular weight is 581 g/mol. The maximum atomic E-state index is 14.2. The van der Waals surface area contributed by atoms with Gasteiger partial charge in [-0.2, -0.15) is 0 Å². The highest BCUT2D eigenvalue weighted by Gasteiger charge is 2.51. The van der Waals surface area contributed by atoms with Gasteiger partial charge < -0.3 is 4.74 Å². The molecule has 0 aliphatic heterocycles. The number of ether oxygens (including phenoxy) is 1. The van der Waals surface area contributed by atoms with Crippen molar-refractivity contribution in [2.75, 3.05) is 4.43 Å². The molecule has 1 saturated carbocycles. The summed E-state index contributed by atoms with van der Waals surface area (Å²) in [5.41, 5.74) is 3.52. The highest BCUT2D eigenvalue weighted by atomic mass is 127. The number of carbonyl (C=O) groups is 2. The molecule has 4 heteroatoms. The van der Waals surface area contributed by atoms with Crippen LogP contribution in [0.2, 0.25) is 0 Å². The van der Waals surface area contributed by atoms with E-state index in [2.05, 4.69) is 82.4 Å². The molecule has 3 rings (SSSR count). The lowest BCUT2D eigenvalue weighted by molar-refractivity contribution is -0.147. The van der Waals surface area contributed by atoms with Crippen LogP contribution in [0.25, 0.3) is 0 Å². The van der Waals surface area contributed by atoms with E-state index in [0.717, 1.165) is 54.9 Å². The number of rotatable bonds is 8. The van der Waals surface area contributed by atoms with Crippen LogP contribution in [0.5, 0.6) is 0 Å². The van der Waals surface area contributed by atoms with Gasteiger partial charge in [-0.25, -0.2) is 0 Å². The van der Waals surface area contributed by atoms with E-state index in [1.165, 1.54) is 18.1 Å². The van der Waals surface area contributed by atoms with Gasteiger partial charge in [-0.3, -0.25) is 9.59 Å². The van der Waals surface area contributed by atoms with Gasteiger partial charge in [0.1, 0.15) is 6.10 Å². The van der Waals surface area contributed by atoms with Crippen LogP contribution in [-0.2, 0) is 14.3 Å². The summed E-state index contributed by atoms with van der Waals surface area (Å²) in [5, 5.41) is 0. The van der Waals surface area contributed by atoms with Gasteiger partial charge >= 0.3 is 5.97 Å². The Morgan fingerprint density at radius 3 is 2.47 bits per heavy atom. The van der Waals surface area contributed by atoms with E-state index in [0.29, 0.717) is 29.5 Å². The molecule has 6 atom stereocenters. The fourth-order valence-electron chi connectivity index (χ4n) is 6.69. The molecule has 0 aromatic heterocycles. The number of hydrogen-bond acceptors (Lipinski definition) is 3. The maximum Gasteiger partial charge on any atom is 0.302 e. The molecule has 34 heavy (non-hydrogen) atoms. The van der Waals surface area contributed by atoms with E-state index < -0.39 is 0 Å². The minimum Gasteiger partial charge on any atom is -0.462 e. The second-order valence-electron chi connectivity index (χ2n) is 11.9. The van der Waals surface area contributed by atoms with Crippen molar-refractivity contribution < 1.29 is 14.3 Å². The summed E-state index contributed by atoms with van der Waals surface area (Å²) in [6, 6.07) is 0. The quantitative estimate of drug-likeness (QED) is 0.126. The standard InChI is InChI=1S/C30H45IO3/c1-19(2)20(3)8-9-21(4)26(14-17-31)30(7)16-13-27-25(28(30)33)11-10-23-18-24(34-22(5)32)12-15-29(23,27)6/h8-10,19-21,24,26H,11-18H2,1-7H3/b9-8+/t20-,21+,24-,26+,29-,30+/m0/s1. The van der Waals surface area contributed by atoms with Crippen LogP contribution in [0.1, 0.15) is 93.4 Å². The fourth-order valence-corrected chi connectivity index (χ4v) is 7.36. The van der Waals surface area contributed by atoms with Gasteiger partial charge in [0.15, 0.2) is 5.78 Å². The zero-order valence-corrected chi connectivity index (χ0v) is 24.5. The molecule has 0 aromatic rings. The first-order valence-electron chi connectivity index (χ1n) is 13.3. The predicted molar refractivity (Wildman–Crippen MR) is 149 cm³/mol. The van der Waals surface area contributed by atoms with Crippen LogP contribution in [0.3, 0.4) is 0 Å². The predicted octanol–water partition coefficient (Wildman–Crippen LogP) is 8.03. The molecular weight excluding hydrogens is 535 g/mol. The van der Waals surface area contributed by atoms with Crippen LogP contribution < -0.4 is 0 Å². The Morgan fingerprint density at radius 2 is 1.85 bits per heavy atom. The number of Topliss-reactive ketones (excluding diaryl/α,β-unsaturated/α-hetero) is 1. The largest absolute Gasteiger partial charge is 0.462 e. The first-order valence-corrected chi connectivity index (χ1v) is 14.8. The molecule has 0 aromatic carbocycles. The molecule has 0 unspecified atom stereocenters. The topological polar surface area (TPSA) is 43.4 Å². The van der Waals surface area contributed by atoms with Gasteiger partial charge in [-0.05, 0) is 72.2 Å². The third-order valence-corrected chi connectivity index (χ3v) is 9.99. The molecule has 1 fully saturated rings. The molecule has 0 bridgehead atoms. The van der Waals surface area contributed by atoms with E-state index in [1.807, 2.05) is 0 Å². The lowest BCUT2D eigenvalue weighted by Crippen LogP contribution is -2.46. The van der Waals surface area contributed by atoms with E-state index in [9.17, 15) is 9.59 Å². The van der Waals surface area contributed by atoms with E-state index in [4.69, 9.17) is 4.74 Å². The Balaban J connectivity index is 1.85. The Hall–Kier alpha value is -0.910. The van der Waals surface area contributed by atoms with Crippen LogP contribution in [0.15, 0.2) is 34.9 Å². The molecule has 3 nitrogen and oxygen atoms in total. The van der Waals surface area contributed by atoms with Crippen molar-refractivity contribution in [3.63, 3.8) is 0 Å². The summed E-state index contributed by atoms with van der Waals surface area (Å²) in [4.78, 5) is 25.7. The Labute approximate surface area is 221 Å². The summed E-state index contributed by atoms with van der Waals surface area (Å²) >= 11 is 2.48. The molecule has 0 spiro atoms. The smallest absolute Gasteiger partial charge is 0.302 e. The van der Waals surface area contributed by atoms with Crippen molar-refractivity contribution in [2.45, 2.75) is 99.5 Å². The molecule has 0 N–H and O–H groups in total. The maximum absolute atomic E-state index is 14.2. The molecule has 3 aliphatic carbocycles. The third kappa shape index (κ3) is 5.42. The van der Waals surface area contributed by atoms with E-state index in [-0.39, 0.29) is 22.9 Å². The first kappa shape index (κ1) is 27.7. The van der Waals surface area contributed by atoms with Crippen LogP contribution in [0, 0.1) is 34.5 Å². The van der Waals surface area contributed by atoms with Crippen LogP contribution in [0.4, 0.5) is 0 Å². The van der Waals surface area contributed by atoms with Crippen molar-refractivity contribution in [2.24, 2.45) is 34.5 Å². The highest BCUT2D eigenvalue weighted by Crippen LogP contribution is 2.57. The Morgan fingerprint density at radius 1 is 1.18 bits per heavy atom. The van der Waals surface area contributed by atoms with Gasteiger partial charge in [0.25, 0.3) is 0 Å². The number of halogens is 1. The average Bonchev–Trinajstić information content (AvgIpc) is 2.77. The van der Waals surface area contributed by atoms with Gasteiger partial charge in [-0.15, -0.1) is 0 Å². The molecule has 0 heterocycles. The zero-order chi connectivity index (χ0) is 25.3. The molecule has 3 aliphatic rings. The normalized spacial score (nSPS) is 32.2. The molecular formula is C30H45IO3. The SMILES string of the molecule is CC(=O)O[C@H]1CC[C@@]2(C)C(=CCC3=C2CC[C@](C)([C@H](CCI)[C@H](C)/C=C/[C@H](C)C(C)C)C3=O)C1. The Bertz CT molecular complexity index is 881. The first-order chi connectivity index (χ1) is 15.9. The summed E-state index contributed by atoms with van der Waals surface area (Å²) in [7, 11) is 0. The van der Waals surface area contributed by atoms with Crippen molar-refractivity contribution >= 4 is 34.3 Å². The third-order valence-electron chi connectivity index (χ3n) is 9.37. The molecule has 0 amide bonds. The number of allylic oxidation sites excluding steroid dienone is 5. The second kappa shape index (κ2) is 11.0. The summed E-state index contributed by atoms with van der Waals surface area (Å²) in [6.45, 7) is 15.2. The second-order valence-corrected chi connectivity index (χ2v) is 13.0. The minimum absolute atomic E-state index is 0.0163. The van der Waals surface area contributed by atoms with Crippen molar-refractivity contribution in [1.82, 2.24) is 0 Å². The molecule has 190 valence electrons. The monoisotopic (exact) mass is 580 g/mol.